The first-order chi connectivity index (χ1) is 11.3. The second-order valence-corrected chi connectivity index (χ2v) is 7.52. The number of rotatable bonds is 9. The monoisotopic (exact) mass is 322 g/mol. The van der Waals surface area contributed by atoms with Gasteiger partial charge in [0.1, 0.15) is 0 Å². The van der Waals surface area contributed by atoms with Gasteiger partial charge in [-0.3, -0.25) is 4.99 Å². The highest BCUT2D eigenvalue weighted by Gasteiger charge is 2.34. The van der Waals surface area contributed by atoms with Crippen molar-refractivity contribution < 1.29 is 4.74 Å². The molecule has 0 aromatic rings. The molecule has 1 unspecified atom stereocenters. The van der Waals surface area contributed by atoms with Crippen LogP contribution < -0.4 is 5.32 Å². The molecule has 1 atom stereocenters. The molecule has 2 aliphatic carbocycles. The van der Waals surface area contributed by atoms with E-state index in [2.05, 4.69) is 29.1 Å². The van der Waals surface area contributed by atoms with Gasteiger partial charge in [-0.15, -0.1) is 0 Å². The van der Waals surface area contributed by atoms with Crippen LogP contribution in [0.3, 0.4) is 0 Å². The summed E-state index contributed by atoms with van der Waals surface area (Å²) in [5.74, 6) is 2.62. The van der Waals surface area contributed by atoms with E-state index in [-0.39, 0.29) is 0 Å². The average molecular weight is 322 g/mol. The summed E-state index contributed by atoms with van der Waals surface area (Å²) in [7, 11) is 2.12. The Hall–Kier alpha value is -0.810. The molecule has 2 saturated carbocycles. The number of ether oxygens (including phenoxy) is 1. The van der Waals surface area contributed by atoms with E-state index >= 15 is 0 Å². The molecule has 3 rings (SSSR count). The Bertz CT molecular complexity index is 392. The molecule has 0 radical (unpaired) electrons. The number of hydrogen-bond donors (Lipinski definition) is 1. The standard InChI is InChI=1S/C18H34N4O/c1-3-19-18(21(2)10-11-23-14-15-4-5-15)20-12-16-8-9-22(13-16)17-6-7-17/h15-17H,3-14H2,1-2H3,(H,19,20). The van der Waals surface area contributed by atoms with Gasteiger partial charge in [-0.05, 0) is 57.4 Å². The fourth-order valence-electron chi connectivity index (χ4n) is 3.31. The van der Waals surface area contributed by atoms with E-state index in [1.165, 1.54) is 45.2 Å². The first-order valence-corrected chi connectivity index (χ1v) is 9.57. The molecule has 3 fully saturated rings. The first-order valence-electron chi connectivity index (χ1n) is 9.57. The van der Waals surface area contributed by atoms with Crippen LogP contribution in [-0.2, 0) is 4.74 Å². The molecule has 1 N–H and O–H groups in total. The summed E-state index contributed by atoms with van der Waals surface area (Å²) in [5.41, 5.74) is 0. The number of likely N-dealkylation sites (N-methyl/N-ethyl adjacent to an activating group) is 1. The Labute approximate surface area is 141 Å². The van der Waals surface area contributed by atoms with Crippen LogP contribution in [0.1, 0.15) is 39.0 Å². The number of aliphatic imine (C=N–C) groups is 1. The van der Waals surface area contributed by atoms with Crippen molar-refractivity contribution in [3.63, 3.8) is 0 Å². The van der Waals surface area contributed by atoms with Crippen LogP contribution in [0.25, 0.3) is 0 Å². The van der Waals surface area contributed by atoms with Crippen LogP contribution in [0.2, 0.25) is 0 Å². The Kier molecular flexibility index (Phi) is 6.17. The smallest absolute Gasteiger partial charge is 0.193 e. The highest BCUT2D eigenvalue weighted by Crippen LogP contribution is 2.31. The molecule has 1 aliphatic heterocycles. The van der Waals surface area contributed by atoms with Crippen molar-refractivity contribution in [2.75, 3.05) is 53.0 Å². The van der Waals surface area contributed by atoms with Gasteiger partial charge >= 0.3 is 0 Å². The quantitative estimate of drug-likeness (QED) is 0.399. The third-order valence-electron chi connectivity index (χ3n) is 5.20. The Balaban J connectivity index is 1.38. The minimum absolute atomic E-state index is 0.740. The predicted molar refractivity (Wildman–Crippen MR) is 94.9 cm³/mol. The second kappa shape index (κ2) is 8.34. The van der Waals surface area contributed by atoms with Gasteiger partial charge in [-0.1, -0.05) is 0 Å². The lowest BCUT2D eigenvalue weighted by Crippen LogP contribution is -2.41. The molecule has 0 aromatic carbocycles. The van der Waals surface area contributed by atoms with Crippen molar-refractivity contribution in [1.82, 2.24) is 15.1 Å². The molecule has 23 heavy (non-hydrogen) atoms. The summed E-state index contributed by atoms with van der Waals surface area (Å²) in [6.45, 7) is 9.21. The largest absolute Gasteiger partial charge is 0.379 e. The topological polar surface area (TPSA) is 40.1 Å². The Morgan fingerprint density at radius 2 is 2.04 bits per heavy atom. The van der Waals surface area contributed by atoms with E-state index < -0.39 is 0 Å². The summed E-state index contributed by atoms with van der Waals surface area (Å²) < 4.78 is 5.75. The molecule has 1 heterocycles. The van der Waals surface area contributed by atoms with E-state index in [4.69, 9.17) is 9.73 Å². The van der Waals surface area contributed by atoms with E-state index in [1.807, 2.05) is 0 Å². The van der Waals surface area contributed by atoms with Gasteiger partial charge in [0, 0.05) is 45.9 Å². The molecule has 5 heteroatoms. The molecule has 1 saturated heterocycles. The summed E-state index contributed by atoms with van der Waals surface area (Å²) in [6, 6.07) is 0.906. The lowest BCUT2D eigenvalue weighted by atomic mass is 10.1. The fourth-order valence-corrected chi connectivity index (χ4v) is 3.31. The maximum absolute atomic E-state index is 5.75. The summed E-state index contributed by atoms with van der Waals surface area (Å²) in [5, 5.41) is 3.42. The summed E-state index contributed by atoms with van der Waals surface area (Å²) in [6.07, 6.45) is 6.87. The van der Waals surface area contributed by atoms with Gasteiger partial charge in [0.15, 0.2) is 5.96 Å². The van der Waals surface area contributed by atoms with Crippen LogP contribution in [0, 0.1) is 11.8 Å². The minimum atomic E-state index is 0.740. The van der Waals surface area contributed by atoms with Crippen molar-refractivity contribution in [1.29, 1.82) is 0 Å². The van der Waals surface area contributed by atoms with Crippen LogP contribution >= 0.6 is 0 Å². The molecular weight excluding hydrogens is 288 g/mol. The van der Waals surface area contributed by atoms with Crippen molar-refractivity contribution >= 4 is 5.96 Å². The molecule has 0 aromatic heterocycles. The highest BCUT2D eigenvalue weighted by atomic mass is 16.5. The lowest BCUT2D eigenvalue weighted by Gasteiger charge is -2.22. The maximum atomic E-state index is 5.75. The lowest BCUT2D eigenvalue weighted by molar-refractivity contribution is 0.115. The zero-order valence-electron chi connectivity index (χ0n) is 15.0. The van der Waals surface area contributed by atoms with Crippen molar-refractivity contribution in [2.45, 2.75) is 45.1 Å². The number of guanidine groups is 1. The van der Waals surface area contributed by atoms with Gasteiger partial charge in [0.05, 0.1) is 6.61 Å². The fraction of sp³-hybridized carbons (Fsp3) is 0.944. The number of nitrogens with one attached hydrogen (secondary N) is 1. The van der Waals surface area contributed by atoms with E-state index in [9.17, 15) is 0 Å². The number of hydrogen-bond acceptors (Lipinski definition) is 3. The van der Waals surface area contributed by atoms with Gasteiger partial charge in [0.25, 0.3) is 0 Å². The van der Waals surface area contributed by atoms with Crippen LogP contribution in [0.15, 0.2) is 4.99 Å². The first kappa shape index (κ1) is 17.0. The van der Waals surface area contributed by atoms with Gasteiger partial charge < -0.3 is 19.9 Å². The van der Waals surface area contributed by atoms with Crippen LogP contribution in [-0.4, -0.2) is 74.8 Å². The molecule has 0 bridgehead atoms. The molecule has 5 nitrogen and oxygen atoms in total. The molecule has 3 aliphatic rings. The normalized spacial score (nSPS) is 25.8. The van der Waals surface area contributed by atoms with Crippen molar-refractivity contribution in [3.8, 4) is 0 Å². The van der Waals surface area contributed by atoms with Crippen LogP contribution in [0.5, 0.6) is 0 Å². The number of likely N-dealkylation sites (tertiary alicyclic amines) is 1. The molecule has 132 valence electrons. The maximum Gasteiger partial charge on any atom is 0.193 e. The van der Waals surface area contributed by atoms with Crippen molar-refractivity contribution in [3.05, 3.63) is 0 Å². The SMILES string of the molecule is CCNC(=NCC1CCN(C2CC2)C1)N(C)CCOCC1CC1. The number of nitrogens with zero attached hydrogens (tertiary/aromatic N) is 3. The summed E-state index contributed by atoms with van der Waals surface area (Å²) in [4.78, 5) is 9.77. The van der Waals surface area contributed by atoms with E-state index in [0.29, 0.717) is 0 Å². The predicted octanol–water partition coefficient (Wildman–Crippen LogP) is 1.79. The van der Waals surface area contributed by atoms with E-state index in [1.54, 1.807) is 0 Å². The van der Waals surface area contributed by atoms with Gasteiger partial charge in [0.2, 0.25) is 0 Å². The van der Waals surface area contributed by atoms with Crippen LogP contribution in [0.4, 0.5) is 0 Å². The minimum Gasteiger partial charge on any atom is -0.379 e. The molecule has 0 spiro atoms. The highest BCUT2D eigenvalue weighted by molar-refractivity contribution is 5.79. The Morgan fingerprint density at radius 3 is 2.74 bits per heavy atom. The zero-order chi connectivity index (χ0) is 16.1. The third kappa shape index (κ3) is 5.64. The average Bonchev–Trinajstić information content (AvgIpc) is 3.48. The van der Waals surface area contributed by atoms with Crippen molar-refractivity contribution in [2.24, 2.45) is 16.8 Å². The molecular formula is C18H34N4O. The zero-order valence-corrected chi connectivity index (χ0v) is 15.0. The molecule has 0 amide bonds. The van der Waals surface area contributed by atoms with E-state index in [0.717, 1.165) is 56.7 Å². The van der Waals surface area contributed by atoms with Gasteiger partial charge in [-0.2, -0.15) is 0 Å². The summed E-state index contributed by atoms with van der Waals surface area (Å²) >= 11 is 0. The second-order valence-electron chi connectivity index (χ2n) is 7.52. The van der Waals surface area contributed by atoms with Gasteiger partial charge in [-0.25, -0.2) is 0 Å². The third-order valence-corrected chi connectivity index (χ3v) is 5.20. The Morgan fingerprint density at radius 1 is 1.22 bits per heavy atom.